The van der Waals surface area contributed by atoms with Gasteiger partial charge < -0.3 is 11.1 Å². The largest absolute Gasteiger partial charge is 0.399 e. The van der Waals surface area contributed by atoms with Crippen LogP contribution in [0.15, 0.2) is 36.4 Å². The summed E-state index contributed by atoms with van der Waals surface area (Å²) in [5, 5.41) is 3.44. The average molecular weight is 174 g/mol. The first-order valence-corrected chi connectivity index (χ1v) is 4.62. The molecule has 0 saturated heterocycles. The zero-order chi connectivity index (χ0) is 9.10. The van der Waals surface area contributed by atoms with Gasteiger partial charge >= 0.3 is 0 Å². The summed E-state index contributed by atoms with van der Waals surface area (Å²) >= 11 is 0. The molecule has 0 spiro atoms. The van der Waals surface area contributed by atoms with Crippen molar-refractivity contribution in [1.29, 1.82) is 0 Å². The van der Waals surface area contributed by atoms with Crippen LogP contribution in [-0.2, 0) is 0 Å². The minimum absolute atomic E-state index is 0.557. The Hall–Kier alpha value is -1.44. The highest BCUT2D eigenvalue weighted by Gasteiger charge is 2.08. The van der Waals surface area contributed by atoms with E-state index in [1.807, 2.05) is 18.2 Å². The smallest absolute Gasteiger partial charge is 0.0363 e. The summed E-state index contributed by atoms with van der Waals surface area (Å²) in [6.45, 7) is 0. The number of rotatable bonds is 2. The Bertz CT molecular complexity index is 310. The zero-order valence-corrected chi connectivity index (χ0v) is 7.53. The first-order valence-electron chi connectivity index (χ1n) is 4.62. The predicted molar refractivity (Wildman–Crippen MR) is 56.6 cm³/mol. The Morgan fingerprint density at radius 1 is 1.23 bits per heavy atom. The molecule has 1 aliphatic carbocycles. The third-order valence-corrected chi connectivity index (χ3v) is 2.27. The van der Waals surface area contributed by atoms with E-state index in [1.165, 1.54) is 0 Å². The number of nitrogen functional groups attached to an aromatic ring is 1. The van der Waals surface area contributed by atoms with E-state index < -0.39 is 0 Å². The fourth-order valence-corrected chi connectivity index (χ4v) is 1.60. The molecule has 0 atom stereocenters. The number of nitrogens with one attached hydrogen (secondary N) is 1. The van der Waals surface area contributed by atoms with Gasteiger partial charge in [0, 0.05) is 17.4 Å². The third-order valence-electron chi connectivity index (χ3n) is 2.27. The second-order valence-corrected chi connectivity index (χ2v) is 3.41. The van der Waals surface area contributed by atoms with E-state index in [2.05, 4.69) is 23.5 Å². The Balaban J connectivity index is 2.01. The van der Waals surface area contributed by atoms with E-state index in [4.69, 9.17) is 5.73 Å². The third kappa shape index (κ3) is 2.02. The molecule has 0 saturated carbocycles. The van der Waals surface area contributed by atoms with Crippen LogP contribution in [0.25, 0.3) is 0 Å². The molecule has 0 unspecified atom stereocenters. The van der Waals surface area contributed by atoms with Gasteiger partial charge in [0.2, 0.25) is 0 Å². The van der Waals surface area contributed by atoms with Gasteiger partial charge in [-0.25, -0.2) is 0 Å². The van der Waals surface area contributed by atoms with Crippen molar-refractivity contribution in [1.82, 2.24) is 0 Å². The van der Waals surface area contributed by atoms with E-state index in [1.54, 1.807) is 0 Å². The van der Waals surface area contributed by atoms with Crippen LogP contribution in [0, 0.1) is 0 Å². The summed E-state index contributed by atoms with van der Waals surface area (Å²) in [5.41, 5.74) is 7.61. The molecule has 0 aromatic heterocycles. The number of hydrogen-bond donors (Lipinski definition) is 2. The van der Waals surface area contributed by atoms with Crippen LogP contribution in [0.5, 0.6) is 0 Å². The van der Waals surface area contributed by atoms with E-state index in [-0.39, 0.29) is 0 Å². The van der Waals surface area contributed by atoms with E-state index in [0.29, 0.717) is 6.04 Å². The maximum Gasteiger partial charge on any atom is 0.0363 e. The summed E-state index contributed by atoms with van der Waals surface area (Å²) < 4.78 is 0. The Labute approximate surface area is 78.5 Å². The summed E-state index contributed by atoms with van der Waals surface area (Å²) in [4.78, 5) is 0. The van der Waals surface area contributed by atoms with E-state index in [9.17, 15) is 0 Å². The lowest BCUT2D eigenvalue weighted by Crippen LogP contribution is -2.14. The standard InChI is InChI=1S/C11H14N2/c12-9-4-3-7-11(8-9)13-10-5-1-2-6-10/h1-4,7-8,10,13H,5-6,12H2. The topological polar surface area (TPSA) is 38.0 Å². The number of nitrogens with two attached hydrogens (primary N) is 1. The molecular weight excluding hydrogens is 160 g/mol. The highest BCUT2D eigenvalue weighted by atomic mass is 14.9. The summed E-state index contributed by atoms with van der Waals surface area (Å²) in [5.74, 6) is 0. The lowest BCUT2D eigenvalue weighted by molar-refractivity contribution is 0.787. The van der Waals surface area contributed by atoms with Gasteiger partial charge in [0.25, 0.3) is 0 Å². The van der Waals surface area contributed by atoms with Crippen molar-refractivity contribution < 1.29 is 0 Å². The van der Waals surface area contributed by atoms with Crippen LogP contribution in [0.4, 0.5) is 11.4 Å². The van der Waals surface area contributed by atoms with Gasteiger partial charge in [0.05, 0.1) is 0 Å². The maximum atomic E-state index is 5.68. The molecule has 1 aromatic carbocycles. The summed E-state index contributed by atoms with van der Waals surface area (Å²) in [6.07, 6.45) is 6.66. The molecule has 0 aliphatic heterocycles. The fourth-order valence-electron chi connectivity index (χ4n) is 1.60. The van der Waals surface area contributed by atoms with Crippen molar-refractivity contribution in [3.63, 3.8) is 0 Å². The van der Waals surface area contributed by atoms with Crippen molar-refractivity contribution in [3.8, 4) is 0 Å². The lowest BCUT2D eigenvalue weighted by Gasteiger charge is -2.13. The van der Waals surface area contributed by atoms with Gasteiger partial charge in [-0.15, -0.1) is 0 Å². The van der Waals surface area contributed by atoms with Crippen molar-refractivity contribution in [2.24, 2.45) is 0 Å². The molecule has 13 heavy (non-hydrogen) atoms. The molecule has 0 heterocycles. The van der Waals surface area contributed by atoms with Crippen LogP contribution in [0.3, 0.4) is 0 Å². The number of anilines is 2. The number of hydrogen-bond acceptors (Lipinski definition) is 2. The molecule has 2 nitrogen and oxygen atoms in total. The van der Waals surface area contributed by atoms with Crippen LogP contribution in [-0.4, -0.2) is 6.04 Å². The van der Waals surface area contributed by atoms with Gasteiger partial charge in [-0.2, -0.15) is 0 Å². The average Bonchev–Trinajstić information content (AvgIpc) is 2.57. The second kappa shape index (κ2) is 3.52. The number of benzene rings is 1. The summed E-state index contributed by atoms with van der Waals surface area (Å²) in [7, 11) is 0. The van der Waals surface area contributed by atoms with E-state index >= 15 is 0 Å². The first-order chi connectivity index (χ1) is 6.34. The fraction of sp³-hybridized carbons (Fsp3) is 0.273. The van der Waals surface area contributed by atoms with Gasteiger partial charge in [0.1, 0.15) is 0 Å². The highest BCUT2D eigenvalue weighted by Crippen LogP contribution is 2.18. The Kier molecular flexibility index (Phi) is 2.21. The first kappa shape index (κ1) is 8.17. The molecule has 68 valence electrons. The molecule has 0 amide bonds. The van der Waals surface area contributed by atoms with Crippen molar-refractivity contribution in [2.75, 3.05) is 11.1 Å². The van der Waals surface area contributed by atoms with Crippen LogP contribution in [0.2, 0.25) is 0 Å². The minimum atomic E-state index is 0.557. The molecule has 0 radical (unpaired) electrons. The second-order valence-electron chi connectivity index (χ2n) is 3.41. The SMILES string of the molecule is Nc1cccc(NC2CC=CC2)c1. The van der Waals surface area contributed by atoms with Gasteiger partial charge in [-0.1, -0.05) is 18.2 Å². The van der Waals surface area contributed by atoms with Crippen molar-refractivity contribution in [3.05, 3.63) is 36.4 Å². The molecule has 0 bridgehead atoms. The molecule has 3 N–H and O–H groups in total. The molecule has 1 aliphatic rings. The minimum Gasteiger partial charge on any atom is -0.399 e. The van der Waals surface area contributed by atoms with Crippen LogP contribution < -0.4 is 11.1 Å². The van der Waals surface area contributed by atoms with Crippen LogP contribution >= 0.6 is 0 Å². The van der Waals surface area contributed by atoms with Crippen molar-refractivity contribution >= 4 is 11.4 Å². The maximum absolute atomic E-state index is 5.68. The lowest BCUT2D eigenvalue weighted by atomic mass is 10.2. The highest BCUT2D eigenvalue weighted by molar-refractivity contribution is 5.54. The molecule has 2 heteroatoms. The Morgan fingerprint density at radius 2 is 2.00 bits per heavy atom. The van der Waals surface area contributed by atoms with Crippen LogP contribution in [0.1, 0.15) is 12.8 Å². The van der Waals surface area contributed by atoms with E-state index in [0.717, 1.165) is 24.2 Å². The molecular formula is C11H14N2. The predicted octanol–water partition coefficient (Wildman–Crippen LogP) is 2.40. The molecule has 2 rings (SSSR count). The normalized spacial score (nSPS) is 16.3. The molecule has 0 fully saturated rings. The zero-order valence-electron chi connectivity index (χ0n) is 7.53. The summed E-state index contributed by atoms with van der Waals surface area (Å²) in [6, 6.07) is 8.45. The monoisotopic (exact) mass is 174 g/mol. The van der Waals surface area contributed by atoms with Gasteiger partial charge in [-0.05, 0) is 31.0 Å². The Morgan fingerprint density at radius 3 is 2.69 bits per heavy atom. The van der Waals surface area contributed by atoms with Gasteiger partial charge in [0.15, 0.2) is 0 Å². The molecule has 1 aromatic rings. The quantitative estimate of drug-likeness (QED) is 0.533. The van der Waals surface area contributed by atoms with Gasteiger partial charge in [-0.3, -0.25) is 0 Å². The van der Waals surface area contributed by atoms with Crippen molar-refractivity contribution in [2.45, 2.75) is 18.9 Å².